The Morgan fingerprint density at radius 3 is 2.42 bits per heavy atom. The Kier molecular flexibility index (Phi) is 5.85. The van der Waals surface area contributed by atoms with Crippen molar-refractivity contribution in [3.8, 4) is 0 Å². The summed E-state index contributed by atoms with van der Waals surface area (Å²) in [6.07, 6.45) is -1.58. The van der Waals surface area contributed by atoms with Crippen LogP contribution in [0.15, 0.2) is 24.3 Å². The largest absolute Gasteiger partial charge is 0.416 e. The third kappa shape index (κ3) is 4.53. The van der Waals surface area contributed by atoms with Gasteiger partial charge in [-0.2, -0.15) is 13.2 Å². The molecule has 0 aliphatic carbocycles. The van der Waals surface area contributed by atoms with Crippen molar-refractivity contribution in [2.24, 2.45) is 5.92 Å². The number of halogens is 3. The van der Waals surface area contributed by atoms with Crippen LogP contribution in [-0.2, 0) is 6.18 Å². The Hall–Kier alpha value is -1.03. The van der Waals surface area contributed by atoms with E-state index in [0.717, 1.165) is 37.8 Å². The second-order valence-corrected chi connectivity index (χ2v) is 4.88. The third-order valence-electron chi connectivity index (χ3n) is 3.45. The predicted octanol–water partition coefficient (Wildman–Crippen LogP) is 4.96. The molecule has 0 amide bonds. The van der Waals surface area contributed by atoms with Crippen LogP contribution < -0.4 is 0 Å². The molecule has 0 radical (unpaired) electrons. The van der Waals surface area contributed by atoms with E-state index in [9.17, 15) is 18.3 Å². The number of benzene rings is 1. The number of aliphatic hydroxyl groups excluding tert-OH is 1. The maximum Gasteiger partial charge on any atom is 0.416 e. The number of aliphatic hydroxyl groups is 1. The first-order chi connectivity index (χ1) is 8.90. The molecule has 0 fully saturated rings. The lowest BCUT2D eigenvalue weighted by Crippen LogP contribution is -2.13. The van der Waals surface area contributed by atoms with Crippen LogP contribution in [0.5, 0.6) is 0 Å². The van der Waals surface area contributed by atoms with Gasteiger partial charge in [-0.25, -0.2) is 0 Å². The first-order valence-corrected chi connectivity index (χ1v) is 6.75. The fourth-order valence-electron chi connectivity index (χ4n) is 2.22. The fourth-order valence-corrected chi connectivity index (χ4v) is 2.22. The SMILES string of the molecule is CCCCC(CC)C(O)c1cccc(C(F)(F)F)c1. The van der Waals surface area contributed by atoms with Gasteiger partial charge in [0.25, 0.3) is 0 Å². The number of hydrogen-bond donors (Lipinski definition) is 1. The topological polar surface area (TPSA) is 20.2 Å². The quantitative estimate of drug-likeness (QED) is 0.777. The second kappa shape index (κ2) is 6.94. The van der Waals surface area contributed by atoms with Crippen LogP contribution in [0.25, 0.3) is 0 Å². The highest BCUT2D eigenvalue weighted by atomic mass is 19.4. The first-order valence-electron chi connectivity index (χ1n) is 6.75. The zero-order valence-electron chi connectivity index (χ0n) is 11.4. The lowest BCUT2D eigenvalue weighted by molar-refractivity contribution is -0.137. The molecule has 0 saturated heterocycles. The van der Waals surface area contributed by atoms with Gasteiger partial charge in [-0.15, -0.1) is 0 Å². The third-order valence-corrected chi connectivity index (χ3v) is 3.45. The number of alkyl halides is 3. The minimum Gasteiger partial charge on any atom is -0.388 e. The van der Waals surface area contributed by atoms with Gasteiger partial charge in [0, 0.05) is 0 Å². The molecule has 4 heteroatoms. The van der Waals surface area contributed by atoms with Crippen LogP contribution in [0.3, 0.4) is 0 Å². The number of hydrogen-bond acceptors (Lipinski definition) is 1. The van der Waals surface area contributed by atoms with Crippen molar-refractivity contribution in [2.45, 2.75) is 51.8 Å². The molecule has 0 aliphatic heterocycles. The van der Waals surface area contributed by atoms with Crippen molar-refractivity contribution < 1.29 is 18.3 Å². The maximum atomic E-state index is 12.6. The second-order valence-electron chi connectivity index (χ2n) is 4.88. The van der Waals surface area contributed by atoms with E-state index in [1.165, 1.54) is 6.07 Å². The van der Waals surface area contributed by atoms with E-state index in [0.29, 0.717) is 5.56 Å². The van der Waals surface area contributed by atoms with Gasteiger partial charge >= 0.3 is 6.18 Å². The molecule has 0 saturated carbocycles. The fraction of sp³-hybridized carbons (Fsp3) is 0.600. The minimum atomic E-state index is -4.36. The summed E-state index contributed by atoms with van der Waals surface area (Å²) in [6.45, 7) is 4.01. The van der Waals surface area contributed by atoms with Crippen molar-refractivity contribution in [1.82, 2.24) is 0 Å². The monoisotopic (exact) mass is 274 g/mol. The summed E-state index contributed by atoms with van der Waals surface area (Å²) in [5.41, 5.74) is -0.341. The van der Waals surface area contributed by atoms with Gasteiger partial charge in [-0.3, -0.25) is 0 Å². The van der Waals surface area contributed by atoms with E-state index in [2.05, 4.69) is 6.92 Å². The van der Waals surface area contributed by atoms with E-state index in [-0.39, 0.29) is 5.92 Å². The van der Waals surface area contributed by atoms with Crippen molar-refractivity contribution in [3.05, 3.63) is 35.4 Å². The molecule has 0 heterocycles. The van der Waals surface area contributed by atoms with Gasteiger partial charge in [-0.05, 0) is 30.0 Å². The molecular weight excluding hydrogens is 253 g/mol. The summed E-state index contributed by atoms with van der Waals surface area (Å²) in [7, 11) is 0. The molecule has 1 rings (SSSR count). The van der Waals surface area contributed by atoms with Crippen LogP contribution in [0.4, 0.5) is 13.2 Å². The highest BCUT2D eigenvalue weighted by Crippen LogP contribution is 2.34. The lowest BCUT2D eigenvalue weighted by atomic mass is 9.88. The maximum absolute atomic E-state index is 12.6. The standard InChI is InChI=1S/C15H21F3O/c1-3-5-7-11(4-2)14(19)12-8-6-9-13(10-12)15(16,17)18/h6,8-11,14,19H,3-5,7H2,1-2H3. The first kappa shape index (κ1) is 16.0. The van der Waals surface area contributed by atoms with E-state index in [1.807, 2.05) is 6.92 Å². The van der Waals surface area contributed by atoms with Crippen molar-refractivity contribution >= 4 is 0 Å². The van der Waals surface area contributed by atoms with Crippen molar-refractivity contribution in [2.75, 3.05) is 0 Å². The van der Waals surface area contributed by atoms with Crippen LogP contribution in [0.2, 0.25) is 0 Å². The Balaban J connectivity index is 2.89. The molecule has 0 aromatic heterocycles. The molecule has 0 spiro atoms. The summed E-state index contributed by atoms with van der Waals surface area (Å²) < 4.78 is 37.9. The predicted molar refractivity (Wildman–Crippen MR) is 69.7 cm³/mol. The molecule has 1 N–H and O–H groups in total. The summed E-state index contributed by atoms with van der Waals surface area (Å²) in [5.74, 6) is 0.0171. The van der Waals surface area contributed by atoms with Crippen molar-refractivity contribution in [1.29, 1.82) is 0 Å². The number of unbranched alkanes of at least 4 members (excludes halogenated alkanes) is 1. The Morgan fingerprint density at radius 1 is 1.21 bits per heavy atom. The summed E-state index contributed by atoms with van der Waals surface area (Å²) in [6, 6.07) is 5.00. The zero-order valence-corrected chi connectivity index (χ0v) is 11.4. The summed E-state index contributed by atoms with van der Waals surface area (Å²) in [5, 5.41) is 10.2. The molecular formula is C15H21F3O. The van der Waals surface area contributed by atoms with E-state index < -0.39 is 17.8 Å². The Morgan fingerprint density at radius 2 is 1.89 bits per heavy atom. The number of rotatable bonds is 6. The lowest BCUT2D eigenvalue weighted by Gasteiger charge is -2.22. The molecule has 108 valence electrons. The molecule has 2 atom stereocenters. The highest BCUT2D eigenvalue weighted by molar-refractivity contribution is 5.27. The van der Waals surface area contributed by atoms with E-state index >= 15 is 0 Å². The van der Waals surface area contributed by atoms with Crippen LogP contribution in [0.1, 0.15) is 56.8 Å². The molecule has 1 nitrogen and oxygen atoms in total. The normalized spacial score (nSPS) is 15.3. The van der Waals surface area contributed by atoms with Crippen LogP contribution in [0, 0.1) is 5.92 Å². The average molecular weight is 274 g/mol. The van der Waals surface area contributed by atoms with Gasteiger partial charge in [0.15, 0.2) is 0 Å². The van der Waals surface area contributed by atoms with Crippen LogP contribution in [-0.4, -0.2) is 5.11 Å². The van der Waals surface area contributed by atoms with Gasteiger partial charge < -0.3 is 5.11 Å². The smallest absolute Gasteiger partial charge is 0.388 e. The van der Waals surface area contributed by atoms with E-state index in [1.54, 1.807) is 6.07 Å². The molecule has 2 unspecified atom stereocenters. The molecule has 1 aromatic carbocycles. The molecule has 19 heavy (non-hydrogen) atoms. The van der Waals surface area contributed by atoms with Gasteiger partial charge in [0.1, 0.15) is 0 Å². The van der Waals surface area contributed by atoms with Gasteiger partial charge in [0.2, 0.25) is 0 Å². The Bertz CT molecular complexity index is 387. The summed E-state index contributed by atoms with van der Waals surface area (Å²) >= 11 is 0. The van der Waals surface area contributed by atoms with Gasteiger partial charge in [0.05, 0.1) is 11.7 Å². The van der Waals surface area contributed by atoms with Crippen LogP contribution >= 0.6 is 0 Å². The molecule has 0 bridgehead atoms. The Labute approximate surface area is 112 Å². The van der Waals surface area contributed by atoms with Gasteiger partial charge in [-0.1, -0.05) is 45.2 Å². The highest BCUT2D eigenvalue weighted by Gasteiger charge is 2.31. The van der Waals surface area contributed by atoms with E-state index in [4.69, 9.17) is 0 Å². The zero-order chi connectivity index (χ0) is 14.5. The molecule has 1 aromatic rings. The molecule has 0 aliphatic rings. The minimum absolute atomic E-state index is 0.0171. The average Bonchev–Trinajstić information content (AvgIpc) is 2.38. The summed E-state index contributed by atoms with van der Waals surface area (Å²) in [4.78, 5) is 0. The van der Waals surface area contributed by atoms with Crippen molar-refractivity contribution in [3.63, 3.8) is 0 Å².